The number of furan rings is 1. The predicted molar refractivity (Wildman–Crippen MR) is 90.1 cm³/mol. The van der Waals surface area contributed by atoms with E-state index in [1.165, 1.54) is 4.68 Å². The van der Waals surface area contributed by atoms with Crippen LogP contribution in [0.5, 0.6) is 0 Å². The van der Waals surface area contributed by atoms with Crippen molar-refractivity contribution in [2.24, 2.45) is 0 Å². The second kappa shape index (κ2) is 5.22. The summed E-state index contributed by atoms with van der Waals surface area (Å²) in [4.78, 5) is 24.9. The first-order chi connectivity index (χ1) is 11.5. The molecule has 1 fully saturated rings. The van der Waals surface area contributed by atoms with E-state index in [-0.39, 0.29) is 30.1 Å². The molecule has 1 aliphatic carbocycles. The van der Waals surface area contributed by atoms with Crippen molar-refractivity contribution >= 4 is 27.9 Å². The van der Waals surface area contributed by atoms with Crippen molar-refractivity contribution in [1.29, 1.82) is 0 Å². The van der Waals surface area contributed by atoms with Crippen LogP contribution in [0.25, 0.3) is 22.0 Å². The zero-order chi connectivity index (χ0) is 17.0. The van der Waals surface area contributed by atoms with E-state index < -0.39 is 0 Å². The minimum atomic E-state index is -0.267. The minimum absolute atomic E-state index is 0.0606. The predicted octanol–water partition coefficient (Wildman–Crippen LogP) is 2.11. The lowest BCUT2D eigenvalue weighted by molar-refractivity contribution is -0.122. The van der Waals surface area contributed by atoms with Gasteiger partial charge in [0, 0.05) is 18.2 Å². The number of carbonyl (C=O) groups is 1. The number of hydrogen-bond donors (Lipinski definition) is 1. The Bertz CT molecular complexity index is 1000. The van der Waals surface area contributed by atoms with E-state index in [1.807, 2.05) is 31.4 Å². The molecule has 1 aliphatic rings. The highest BCUT2D eigenvalue weighted by Gasteiger charge is 2.25. The Balaban J connectivity index is 1.86. The third kappa shape index (κ3) is 2.31. The number of hydrogen-bond acceptors (Lipinski definition) is 4. The average Bonchev–Trinajstić information content (AvgIpc) is 3.15. The van der Waals surface area contributed by atoms with Gasteiger partial charge in [-0.1, -0.05) is 0 Å². The van der Waals surface area contributed by atoms with Gasteiger partial charge in [0.15, 0.2) is 5.58 Å². The fourth-order valence-corrected chi connectivity index (χ4v) is 3.16. The molecule has 1 amide bonds. The van der Waals surface area contributed by atoms with Crippen molar-refractivity contribution in [3.8, 4) is 0 Å². The van der Waals surface area contributed by atoms with Gasteiger partial charge in [0.05, 0.1) is 17.1 Å². The lowest BCUT2D eigenvalue weighted by Gasteiger charge is -2.11. The lowest BCUT2D eigenvalue weighted by atomic mass is 10.3. The maximum atomic E-state index is 12.9. The molecule has 0 unspecified atom stereocenters. The van der Waals surface area contributed by atoms with E-state index in [0.29, 0.717) is 16.5 Å². The molecule has 0 spiro atoms. The normalized spacial score (nSPS) is 14.8. The summed E-state index contributed by atoms with van der Waals surface area (Å²) in [7, 11) is 0. The topological polar surface area (TPSA) is 82.1 Å². The molecule has 0 aliphatic heterocycles. The van der Waals surface area contributed by atoms with Crippen molar-refractivity contribution in [1.82, 2.24) is 19.7 Å². The quantitative estimate of drug-likeness (QED) is 0.795. The van der Waals surface area contributed by atoms with Crippen LogP contribution in [0.1, 0.15) is 38.5 Å². The minimum Gasteiger partial charge on any atom is -0.459 e. The van der Waals surface area contributed by atoms with Crippen LogP contribution < -0.4 is 10.9 Å². The molecule has 0 bridgehead atoms. The second-order valence-corrected chi connectivity index (χ2v) is 6.75. The van der Waals surface area contributed by atoms with Crippen LogP contribution in [0.2, 0.25) is 0 Å². The number of fused-ring (bicyclic) bond motifs is 3. The summed E-state index contributed by atoms with van der Waals surface area (Å²) in [5.74, 6) is 0.623. The first-order valence-corrected chi connectivity index (χ1v) is 8.25. The van der Waals surface area contributed by atoms with Crippen molar-refractivity contribution in [2.75, 3.05) is 0 Å². The highest BCUT2D eigenvalue weighted by atomic mass is 16.3. The van der Waals surface area contributed by atoms with Gasteiger partial charge in [0.2, 0.25) is 5.91 Å². The van der Waals surface area contributed by atoms with Gasteiger partial charge in [-0.05, 0) is 33.6 Å². The maximum Gasteiger partial charge on any atom is 0.291 e. The molecule has 3 aromatic rings. The second-order valence-electron chi connectivity index (χ2n) is 6.75. The van der Waals surface area contributed by atoms with Crippen LogP contribution in [0, 0.1) is 6.92 Å². The largest absolute Gasteiger partial charge is 0.459 e. The highest BCUT2D eigenvalue weighted by Crippen LogP contribution is 2.31. The summed E-state index contributed by atoms with van der Waals surface area (Å²) in [6.45, 7) is 5.86. The zero-order valence-electron chi connectivity index (χ0n) is 14.0. The fourth-order valence-electron chi connectivity index (χ4n) is 3.16. The van der Waals surface area contributed by atoms with Gasteiger partial charge in [-0.25, -0.2) is 4.68 Å². The zero-order valence-corrected chi connectivity index (χ0v) is 14.0. The first kappa shape index (κ1) is 15.0. The summed E-state index contributed by atoms with van der Waals surface area (Å²) in [5.41, 5.74) is 1.83. The van der Waals surface area contributed by atoms with Gasteiger partial charge in [-0.2, -0.15) is 5.10 Å². The van der Waals surface area contributed by atoms with E-state index >= 15 is 0 Å². The summed E-state index contributed by atoms with van der Waals surface area (Å²) in [6, 6.07) is 2.28. The molecule has 4 rings (SSSR count). The van der Waals surface area contributed by atoms with Crippen molar-refractivity contribution in [2.45, 2.75) is 52.2 Å². The Kier molecular flexibility index (Phi) is 3.26. The Hall–Kier alpha value is -2.57. The van der Waals surface area contributed by atoms with Gasteiger partial charge in [0.1, 0.15) is 17.8 Å². The van der Waals surface area contributed by atoms with Gasteiger partial charge in [-0.15, -0.1) is 0 Å². The standard InChI is InChI=1S/C17H20N4O3/c1-9(2)21-13-6-10(3)24-16(13)12-7-18-20(17(23)15(12)21)8-14(22)19-11-4-5-11/h6-7,9,11H,4-5,8H2,1-3H3,(H,19,22). The highest BCUT2D eigenvalue weighted by molar-refractivity contribution is 6.04. The van der Waals surface area contributed by atoms with Crippen molar-refractivity contribution < 1.29 is 9.21 Å². The Morgan fingerprint density at radius 3 is 2.88 bits per heavy atom. The number of rotatable bonds is 4. The SMILES string of the molecule is Cc1cc2c(o1)c1cnn(CC(=O)NC3CC3)c(=O)c1n2C(C)C. The van der Waals surface area contributed by atoms with Gasteiger partial charge < -0.3 is 14.3 Å². The monoisotopic (exact) mass is 328 g/mol. The van der Waals surface area contributed by atoms with E-state index in [1.54, 1.807) is 6.20 Å². The number of nitrogens with zero attached hydrogens (tertiary/aromatic N) is 3. The van der Waals surface area contributed by atoms with Crippen LogP contribution in [0.15, 0.2) is 21.5 Å². The van der Waals surface area contributed by atoms with Crippen LogP contribution in [-0.4, -0.2) is 26.3 Å². The molecule has 3 aromatic heterocycles. The summed E-state index contributed by atoms with van der Waals surface area (Å²) >= 11 is 0. The summed E-state index contributed by atoms with van der Waals surface area (Å²) in [5, 5.41) is 7.75. The molecule has 1 N–H and O–H groups in total. The molecule has 7 heteroatoms. The average molecular weight is 328 g/mol. The van der Waals surface area contributed by atoms with Crippen molar-refractivity contribution in [3.05, 3.63) is 28.4 Å². The first-order valence-electron chi connectivity index (χ1n) is 8.25. The molecule has 24 heavy (non-hydrogen) atoms. The number of aryl methyl sites for hydroxylation is 1. The van der Waals surface area contributed by atoms with E-state index in [2.05, 4.69) is 10.4 Å². The Labute approximate surface area is 138 Å². The fraction of sp³-hybridized carbons (Fsp3) is 0.471. The van der Waals surface area contributed by atoms with E-state index in [9.17, 15) is 9.59 Å². The Morgan fingerprint density at radius 1 is 1.46 bits per heavy atom. The molecular weight excluding hydrogens is 308 g/mol. The molecule has 126 valence electrons. The lowest BCUT2D eigenvalue weighted by Crippen LogP contribution is -2.35. The molecule has 0 radical (unpaired) electrons. The Morgan fingerprint density at radius 2 is 2.21 bits per heavy atom. The van der Waals surface area contributed by atoms with Crippen LogP contribution >= 0.6 is 0 Å². The molecule has 0 atom stereocenters. The maximum absolute atomic E-state index is 12.9. The van der Waals surface area contributed by atoms with Crippen LogP contribution in [0.4, 0.5) is 0 Å². The van der Waals surface area contributed by atoms with E-state index in [0.717, 1.165) is 24.1 Å². The summed E-state index contributed by atoms with van der Waals surface area (Å²) in [6.07, 6.45) is 3.64. The molecular formula is C17H20N4O3. The third-order valence-electron chi connectivity index (χ3n) is 4.35. The van der Waals surface area contributed by atoms with Crippen LogP contribution in [-0.2, 0) is 11.3 Å². The van der Waals surface area contributed by atoms with Gasteiger partial charge in [0.25, 0.3) is 5.56 Å². The molecule has 7 nitrogen and oxygen atoms in total. The van der Waals surface area contributed by atoms with Gasteiger partial charge in [-0.3, -0.25) is 9.59 Å². The summed E-state index contributed by atoms with van der Waals surface area (Å²) < 4.78 is 8.95. The molecule has 0 saturated heterocycles. The smallest absolute Gasteiger partial charge is 0.291 e. The molecule has 3 heterocycles. The van der Waals surface area contributed by atoms with Crippen molar-refractivity contribution in [3.63, 3.8) is 0 Å². The number of carbonyl (C=O) groups excluding carboxylic acids is 1. The van der Waals surface area contributed by atoms with Crippen LogP contribution in [0.3, 0.4) is 0 Å². The number of aromatic nitrogens is 3. The molecule has 0 aromatic carbocycles. The number of nitrogens with one attached hydrogen (secondary N) is 1. The molecule has 1 saturated carbocycles. The van der Waals surface area contributed by atoms with E-state index in [4.69, 9.17) is 4.42 Å². The van der Waals surface area contributed by atoms with Gasteiger partial charge >= 0.3 is 0 Å². The number of amides is 1. The third-order valence-corrected chi connectivity index (χ3v) is 4.35.